The molecule has 20 heterocycles. The monoisotopic (exact) mass is 1910 g/mol. The lowest BCUT2D eigenvalue weighted by molar-refractivity contribution is 0.0715. The normalized spacial score (nSPS) is 17.1. The molecule has 0 atom stereocenters. The number of carbonyl (C=O) groups is 5. The molecule has 6 saturated carbocycles. The van der Waals surface area contributed by atoms with Gasteiger partial charge in [-0.3, -0.25) is 24.0 Å². The first kappa shape index (κ1) is 91.6. The number of nitrogen functional groups attached to an aromatic ring is 5. The van der Waals surface area contributed by atoms with Crippen molar-refractivity contribution in [2.45, 2.75) is 286 Å². The van der Waals surface area contributed by atoms with Gasteiger partial charge in [0.15, 0.2) is 28.8 Å². The second-order valence-electron chi connectivity index (χ2n) is 41.4. The van der Waals surface area contributed by atoms with E-state index < -0.39 is 0 Å². The van der Waals surface area contributed by atoms with Crippen LogP contribution in [0.4, 0.5) is 29.1 Å². The number of nitrogens with zero attached hydrogens (tertiary/aromatic N) is 25. The zero-order valence-electron chi connectivity index (χ0n) is 82.4. The lowest BCUT2D eigenvalue weighted by Gasteiger charge is -2.25. The zero-order valence-corrected chi connectivity index (χ0v) is 82.4. The van der Waals surface area contributed by atoms with Crippen LogP contribution in [0.1, 0.15) is 363 Å². The second-order valence-corrected chi connectivity index (χ2v) is 41.4. The van der Waals surface area contributed by atoms with Crippen LogP contribution in [0.25, 0.3) is 111 Å². The maximum absolute atomic E-state index is 13.6. The molecule has 26 rings (SSSR count). The zero-order chi connectivity index (χ0) is 98.3. The minimum absolute atomic E-state index is 0.00456. The van der Waals surface area contributed by atoms with E-state index in [1.54, 1.807) is 0 Å². The van der Waals surface area contributed by atoms with Gasteiger partial charge in [-0.25, -0.2) is 49.8 Å². The Balaban J connectivity index is 0.000000101. The van der Waals surface area contributed by atoms with Crippen molar-refractivity contribution in [1.82, 2.24) is 123 Å². The van der Waals surface area contributed by atoms with Crippen LogP contribution in [0.15, 0.2) is 54.3 Å². The molecular formula is C101H120N30O10. The molecule has 40 heteroatoms. The maximum atomic E-state index is 13.6. The van der Waals surface area contributed by atoms with Crippen molar-refractivity contribution in [2.75, 3.05) is 61.4 Å². The molecule has 15 aromatic heterocycles. The van der Waals surface area contributed by atoms with E-state index in [-0.39, 0.29) is 83.4 Å². The van der Waals surface area contributed by atoms with Crippen molar-refractivity contribution in [1.29, 1.82) is 0 Å². The Morgan fingerprint density at radius 2 is 0.511 bits per heavy atom. The van der Waals surface area contributed by atoms with Gasteiger partial charge >= 0.3 is 0 Å². The van der Waals surface area contributed by atoms with E-state index in [4.69, 9.17) is 51.3 Å². The number of anilines is 5. The summed E-state index contributed by atoms with van der Waals surface area (Å²) >= 11 is 0. The molecule has 15 aromatic rings. The average Bonchev–Trinajstić information content (AvgIpc) is 1.58. The van der Waals surface area contributed by atoms with Crippen LogP contribution in [-0.4, -0.2) is 185 Å². The third kappa shape index (κ3) is 15.2. The quantitative estimate of drug-likeness (QED) is 0.0502. The van der Waals surface area contributed by atoms with Gasteiger partial charge in [-0.05, 0) is 178 Å². The Kier molecular flexibility index (Phi) is 22.8. The van der Waals surface area contributed by atoms with Crippen molar-refractivity contribution in [3.05, 3.63) is 117 Å². The summed E-state index contributed by atoms with van der Waals surface area (Å²) in [6, 6.07) is 0.745. The Morgan fingerprint density at radius 3 is 0.730 bits per heavy atom. The minimum Gasteiger partial charge on any atom is -0.383 e. The van der Waals surface area contributed by atoms with Gasteiger partial charge in [-0.2, -0.15) is 0 Å². The fourth-order valence-electron chi connectivity index (χ4n) is 21.9. The molecule has 734 valence electrons. The Morgan fingerprint density at radius 1 is 0.291 bits per heavy atom. The summed E-state index contributed by atoms with van der Waals surface area (Å²) in [4.78, 5) is 121. The number of nitrogens with two attached hydrogens (primary N) is 5. The van der Waals surface area contributed by atoms with E-state index in [1.165, 1.54) is 44.5 Å². The summed E-state index contributed by atoms with van der Waals surface area (Å²) in [5, 5.41) is 25.7. The van der Waals surface area contributed by atoms with Gasteiger partial charge in [-0.1, -0.05) is 53.5 Å². The third-order valence-electron chi connectivity index (χ3n) is 29.0. The van der Waals surface area contributed by atoms with Crippen LogP contribution in [0, 0.1) is 11.8 Å². The van der Waals surface area contributed by atoms with Crippen molar-refractivity contribution in [3.8, 4) is 56.3 Å². The van der Waals surface area contributed by atoms with E-state index in [1.807, 2.05) is 31.4 Å². The first-order valence-corrected chi connectivity index (χ1v) is 50.1. The Labute approximate surface area is 811 Å². The fraction of sp³-hybridized carbons (Fsp3) is 0.505. The van der Waals surface area contributed by atoms with Crippen LogP contribution in [0.2, 0.25) is 0 Å². The maximum Gasteiger partial charge on any atom is 0.260 e. The highest BCUT2D eigenvalue weighted by Crippen LogP contribution is 2.56. The summed E-state index contributed by atoms with van der Waals surface area (Å²) in [5.41, 5.74) is 50.5. The van der Waals surface area contributed by atoms with Gasteiger partial charge in [0.2, 0.25) is 0 Å². The highest BCUT2D eigenvalue weighted by atomic mass is 16.5. The topological polar surface area (TPSA) is 515 Å². The number of fused-ring (bicyclic) bond motifs is 25. The Hall–Kier alpha value is -14.5. The first-order valence-electron chi connectivity index (χ1n) is 50.1. The standard InChI is InChI=1S/C21H24N6O2.C21H26N6O2.2C20H24N6O2.C19H22N6O2/c1-10(2)27-13-8-26(7-11-3-4-11)21(28)16-17(25-29-18(16)12-5-6-12)14(13)15-19(22)23-9-24-20(15)27;1-10(2)7-26-8-13-14(15-19(22)23-9-24-20(15)27(13)11(3)4)17-16(21(26)28)18(29-25-17)12-5-6-12;2*1-4-7-25-8-12-13(14-18(21)22-9-23-19(14)26(12)10(2)3)16-15(20(25)27)17(28-24-16)11-5-6-11;1-4-24-7-11-12(13-17(20)21-8-22-18(13)25(11)9(2)3)15-14(19(24)26)16(27-23-15)10-5-6-10/h9-12H,3-8H2,1-2H3,(H2,22,23,24);9-12H,5-8H2,1-4H3,(H2,22,23,24);2*9-11H,4-8H2,1-3H3,(H2,21,22,23);8-10H,4-7H2,1-3H3,(H2,20,21,22). The van der Waals surface area contributed by atoms with Crippen molar-refractivity contribution >= 4 is 114 Å². The van der Waals surface area contributed by atoms with Crippen molar-refractivity contribution in [2.24, 2.45) is 11.8 Å². The van der Waals surface area contributed by atoms with Crippen molar-refractivity contribution in [3.63, 3.8) is 0 Å². The number of amides is 5. The van der Waals surface area contributed by atoms with Gasteiger partial charge < -0.3 is 98.6 Å². The summed E-state index contributed by atoms with van der Waals surface area (Å²) < 4.78 is 39.4. The van der Waals surface area contributed by atoms with Gasteiger partial charge in [0.1, 0.15) is 145 Å². The first-order chi connectivity index (χ1) is 68.0. The molecule has 6 aliphatic carbocycles. The molecule has 0 radical (unpaired) electrons. The number of hydrogen-bond donors (Lipinski definition) is 5. The minimum atomic E-state index is -0.0225. The molecular weight excluding hydrogens is 1790 g/mol. The van der Waals surface area contributed by atoms with Crippen LogP contribution < -0.4 is 28.7 Å². The number of hydrogen-bond acceptors (Lipinski definition) is 30. The fourth-order valence-corrected chi connectivity index (χ4v) is 21.9. The molecule has 0 aromatic carbocycles. The molecule has 5 aliphatic heterocycles. The summed E-state index contributed by atoms with van der Waals surface area (Å²) in [5.74, 6) is 7.99. The predicted octanol–water partition coefficient (Wildman–Crippen LogP) is 17.3. The van der Waals surface area contributed by atoms with E-state index in [9.17, 15) is 24.0 Å². The van der Waals surface area contributed by atoms with Crippen LogP contribution in [0.3, 0.4) is 0 Å². The molecule has 5 amide bonds. The second kappa shape index (κ2) is 35.1. The lowest BCUT2D eigenvalue weighted by atomic mass is 10.0. The van der Waals surface area contributed by atoms with Gasteiger partial charge in [0.05, 0.1) is 59.7 Å². The number of carbonyl (C=O) groups excluding carboxylic acids is 5. The summed E-state index contributed by atoms with van der Waals surface area (Å²) in [6.07, 6.45) is 22.0. The highest BCUT2D eigenvalue weighted by Gasteiger charge is 2.50. The molecule has 11 aliphatic rings. The molecule has 0 bridgehead atoms. The van der Waals surface area contributed by atoms with Crippen LogP contribution in [0.5, 0.6) is 0 Å². The molecule has 40 nitrogen and oxygen atoms in total. The smallest absolute Gasteiger partial charge is 0.260 e. The van der Waals surface area contributed by atoms with Crippen molar-refractivity contribution < 1.29 is 46.6 Å². The molecule has 10 N–H and O–H groups in total. The predicted molar refractivity (Wildman–Crippen MR) is 527 cm³/mol. The highest BCUT2D eigenvalue weighted by molar-refractivity contribution is 6.15. The van der Waals surface area contributed by atoms with Gasteiger partial charge in [0.25, 0.3) is 29.5 Å². The van der Waals surface area contributed by atoms with Crippen LogP contribution >= 0.6 is 0 Å². The molecule has 6 fully saturated rings. The van der Waals surface area contributed by atoms with Gasteiger partial charge in [0, 0.05) is 149 Å². The molecule has 0 saturated heterocycles. The molecule has 0 unspecified atom stereocenters. The van der Waals surface area contributed by atoms with E-state index in [0.717, 1.165) is 212 Å². The number of aromatic nitrogens is 20. The summed E-state index contributed by atoms with van der Waals surface area (Å²) in [7, 11) is 0. The summed E-state index contributed by atoms with van der Waals surface area (Å²) in [6.45, 7) is 37.3. The largest absolute Gasteiger partial charge is 0.383 e. The molecule has 141 heavy (non-hydrogen) atoms. The number of rotatable bonds is 19. The van der Waals surface area contributed by atoms with E-state index in [0.29, 0.717) is 174 Å². The average molecular weight is 1910 g/mol. The Bertz CT molecular complexity index is 7230. The lowest BCUT2D eigenvalue weighted by Crippen LogP contribution is -2.34. The van der Waals surface area contributed by atoms with Gasteiger partial charge in [-0.15, -0.1) is 0 Å². The SMILES string of the molecule is CC(C)CN1Cc2c(c3c(N)ncnc3n2C(C)C)-c2noc(C3CC3)c2C1=O.CC(C)n1c2c(c3c(N)ncnc31)-c1noc(C3CC3)c1C(=O)N(CC1CC1)C2.CCCN1Cc2c(c3c(N)ncnc3n2C(C)C)-c2noc(C3CC3)c2C1=O.CCCN1Cc2c(c3c(N)ncnc3n2C(C)C)-c2noc(C3CC3)c2C1=O.CCN1Cc2c(c3c(N)ncnc3n2C(C)C)-c2noc(C3CC3)c2C1=O. The van der Waals surface area contributed by atoms with Crippen LogP contribution in [-0.2, 0) is 32.7 Å². The third-order valence-corrected chi connectivity index (χ3v) is 29.0. The molecule has 0 spiro atoms. The van der Waals surface area contributed by atoms with E-state index in [2.05, 4.69) is 195 Å². The van der Waals surface area contributed by atoms with E-state index >= 15 is 0 Å².